The van der Waals surface area contributed by atoms with Crippen LogP contribution in [0.15, 0.2) is 60.3 Å². The molecule has 0 atom stereocenters. The fraction of sp³-hybridized carbons (Fsp3) is 0.190. The summed E-state index contributed by atoms with van der Waals surface area (Å²) in [5, 5.41) is 6.01. The van der Waals surface area contributed by atoms with Crippen LogP contribution in [0.3, 0.4) is 0 Å². The molecule has 3 N–H and O–H groups in total. The Balaban J connectivity index is 1.66. The maximum atomic E-state index is 13.0. The Morgan fingerprint density at radius 3 is 2.83 bits per heavy atom. The minimum Gasteiger partial charge on any atom is -0.497 e. The third-order valence-electron chi connectivity index (χ3n) is 4.49. The highest BCUT2D eigenvalue weighted by Gasteiger charge is 2.18. The SMILES string of the molecule is CCOC1=C(NC(=O)c2ccnc3nc(-c4ccc(OC)cc4)[nH]c23)CNC=C1. The third-order valence-corrected chi connectivity index (χ3v) is 4.49. The predicted molar refractivity (Wildman–Crippen MR) is 109 cm³/mol. The van der Waals surface area contributed by atoms with Gasteiger partial charge in [0.2, 0.25) is 0 Å². The van der Waals surface area contributed by atoms with E-state index in [0.717, 1.165) is 11.3 Å². The predicted octanol–water partition coefficient (Wildman–Crippen LogP) is 2.73. The minimum absolute atomic E-state index is 0.258. The van der Waals surface area contributed by atoms with E-state index < -0.39 is 0 Å². The highest BCUT2D eigenvalue weighted by Crippen LogP contribution is 2.24. The van der Waals surface area contributed by atoms with Gasteiger partial charge in [-0.05, 0) is 43.3 Å². The molecule has 8 nitrogen and oxygen atoms in total. The first kappa shape index (κ1) is 18.5. The van der Waals surface area contributed by atoms with Crippen LogP contribution in [0.25, 0.3) is 22.6 Å². The topological polar surface area (TPSA) is 101 Å². The summed E-state index contributed by atoms with van der Waals surface area (Å²) in [4.78, 5) is 25.0. The van der Waals surface area contributed by atoms with Crippen LogP contribution in [-0.2, 0) is 4.74 Å². The molecule has 0 bridgehead atoms. The van der Waals surface area contributed by atoms with Gasteiger partial charge in [0.15, 0.2) is 5.65 Å². The van der Waals surface area contributed by atoms with Crippen LogP contribution in [-0.4, -0.2) is 41.1 Å². The van der Waals surface area contributed by atoms with Crippen LogP contribution in [0.2, 0.25) is 0 Å². The lowest BCUT2D eigenvalue weighted by Crippen LogP contribution is -2.31. The Labute approximate surface area is 167 Å². The maximum absolute atomic E-state index is 13.0. The number of hydrogen-bond donors (Lipinski definition) is 3. The highest BCUT2D eigenvalue weighted by molar-refractivity contribution is 6.05. The van der Waals surface area contributed by atoms with E-state index in [1.807, 2.05) is 31.2 Å². The van der Waals surface area contributed by atoms with Crippen LogP contribution in [0.1, 0.15) is 17.3 Å². The summed E-state index contributed by atoms with van der Waals surface area (Å²) in [6, 6.07) is 9.18. The number of amides is 1. The van der Waals surface area contributed by atoms with E-state index in [4.69, 9.17) is 9.47 Å². The van der Waals surface area contributed by atoms with Crippen molar-refractivity contribution in [2.45, 2.75) is 6.92 Å². The smallest absolute Gasteiger partial charge is 0.257 e. The number of methoxy groups -OCH3 is 1. The Morgan fingerprint density at radius 1 is 1.24 bits per heavy atom. The number of rotatable bonds is 6. The number of pyridine rings is 1. The van der Waals surface area contributed by atoms with E-state index in [-0.39, 0.29) is 5.91 Å². The number of imidazole rings is 1. The second-order valence-electron chi connectivity index (χ2n) is 6.32. The van der Waals surface area contributed by atoms with Crippen LogP contribution in [0.4, 0.5) is 0 Å². The molecule has 0 saturated heterocycles. The van der Waals surface area contributed by atoms with Crippen molar-refractivity contribution in [2.24, 2.45) is 0 Å². The van der Waals surface area contributed by atoms with Crippen molar-refractivity contribution in [3.05, 3.63) is 65.8 Å². The van der Waals surface area contributed by atoms with E-state index in [1.165, 1.54) is 0 Å². The number of fused-ring (bicyclic) bond motifs is 1. The van der Waals surface area contributed by atoms with Crippen LogP contribution in [0.5, 0.6) is 5.75 Å². The summed E-state index contributed by atoms with van der Waals surface area (Å²) in [5.74, 6) is 1.78. The first-order valence-electron chi connectivity index (χ1n) is 9.26. The zero-order valence-electron chi connectivity index (χ0n) is 16.2. The Bertz CT molecular complexity index is 1100. The molecule has 0 spiro atoms. The molecule has 2 aromatic heterocycles. The molecule has 1 amide bonds. The number of H-pyrrole nitrogens is 1. The lowest BCUT2D eigenvalue weighted by Gasteiger charge is -2.18. The number of benzene rings is 1. The van der Waals surface area contributed by atoms with Gasteiger partial charge in [0.25, 0.3) is 5.91 Å². The zero-order valence-corrected chi connectivity index (χ0v) is 16.2. The van der Waals surface area contributed by atoms with Crippen molar-refractivity contribution >= 4 is 17.1 Å². The Kier molecular flexibility index (Phi) is 5.15. The van der Waals surface area contributed by atoms with E-state index in [2.05, 4.69) is 25.6 Å². The number of nitrogens with zero attached hydrogens (tertiary/aromatic N) is 2. The first-order valence-corrected chi connectivity index (χ1v) is 9.26. The summed E-state index contributed by atoms with van der Waals surface area (Å²) in [6.45, 7) is 2.90. The fourth-order valence-corrected chi connectivity index (χ4v) is 3.07. The zero-order chi connectivity index (χ0) is 20.2. The highest BCUT2D eigenvalue weighted by atomic mass is 16.5. The van der Waals surface area contributed by atoms with Gasteiger partial charge in [-0.1, -0.05) is 0 Å². The molecule has 0 saturated carbocycles. The lowest BCUT2D eigenvalue weighted by molar-refractivity contribution is 0.0962. The molecule has 4 rings (SSSR count). The number of nitrogens with one attached hydrogen (secondary N) is 3. The van der Waals surface area contributed by atoms with Crippen LogP contribution in [0, 0.1) is 0 Å². The number of aromatic nitrogens is 3. The van der Waals surface area contributed by atoms with Crippen LogP contribution < -0.4 is 15.4 Å². The fourth-order valence-electron chi connectivity index (χ4n) is 3.07. The number of ether oxygens (including phenoxy) is 2. The summed E-state index contributed by atoms with van der Waals surface area (Å²) in [6.07, 6.45) is 5.16. The molecule has 0 unspecified atom stereocenters. The van der Waals surface area contributed by atoms with E-state index in [9.17, 15) is 4.79 Å². The first-order chi connectivity index (χ1) is 14.2. The number of dihydropyridines is 1. The number of carbonyl (C=O) groups excluding carboxylic acids is 1. The molecular formula is C21H21N5O3. The van der Waals surface area contributed by atoms with Gasteiger partial charge in [0, 0.05) is 18.0 Å². The second-order valence-corrected chi connectivity index (χ2v) is 6.32. The maximum Gasteiger partial charge on any atom is 0.257 e. The summed E-state index contributed by atoms with van der Waals surface area (Å²) >= 11 is 0. The van der Waals surface area contributed by atoms with Gasteiger partial charge in [-0.3, -0.25) is 4.79 Å². The van der Waals surface area contributed by atoms with E-state index in [0.29, 0.717) is 47.2 Å². The standard InChI is InChI=1S/C21H21N5O3/c1-3-29-17-9-10-22-12-16(17)24-21(27)15-8-11-23-20-18(15)25-19(26-20)13-4-6-14(28-2)7-5-13/h4-11,22H,3,12H2,1-2H3,(H,24,27)(H,23,25,26). The molecule has 1 aromatic carbocycles. The summed E-state index contributed by atoms with van der Waals surface area (Å²) < 4.78 is 10.8. The van der Waals surface area contributed by atoms with Crippen molar-refractivity contribution in [1.82, 2.24) is 25.6 Å². The molecular weight excluding hydrogens is 370 g/mol. The second kappa shape index (κ2) is 8.05. The van der Waals surface area contributed by atoms with Gasteiger partial charge >= 0.3 is 0 Å². The van der Waals surface area contributed by atoms with Crippen molar-refractivity contribution in [3.8, 4) is 17.1 Å². The van der Waals surface area contributed by atoms with Crippen molar-refractivity contribution < 1.29 is 14.3 Å². The number of carbonyl (C=O) groups is 1. The summed E-state index contributed by atoms with van der Waals surface area (Å²) in [5.41, 5.74) is 3.07. The Hall–Kier alpha value is -3.81. The molecule has 1 aliphatic heterocycles. The van der Waals surface area contributed by atoms with Gasteiger partial charge in [-0.25, -0.2) is 9.97 Å². The monoisotopic (exact) mass is 391 g/mol. The molecule has 8 heteroatoms. The number of aromatic amines is 1. The van der Waals surface area contributed by atoms with E-state index in [1.54, 1.807) is 31.6 Å². The van der Waals surface area contributed by atoms with Gasteiger partial charge in [0.1, 0.15) is 17.3 Å². The quantitative estimate of drug-likeness (QED) is 0.597. The molecule has 148 valence electrons. The van der Waals surface area contributed by atoms with Crippen molar-refractivity contribution in [2.75, 3.05) is 20.3 Å². The van der Waals surface area contributed by atoms with Gasteiger partial charge in [-0.15, -0.1) is 0 Å². The largest absolute Gasteiger partial charge is 0.497 e. The number of allylic oxidation sites excluding steroid dienone is 1. The lowest BCUT2D eigenvalue weighted by atomic mass is 10.2. The average Bonchev–Trinajstić information content (AvgIpc) is 3.19. The van der Waals surface area contributed by atoms with Gasteiger partial charge in [0.05, 0.1) is 37.0 Å². The van der Waals surface area contributed by atoms with Crippen molar-refractivity contribution in [3.63, 3.8) is 0 Å². The van der Waals surface area contributed by atoms with E-state index >= 15 is 0 Å². The molecule has 3 heterocycles. The van der Waals surface area contributed by atoms with Crippen molar-refractivity contribution in [1.29, 1.82) is 0 Å². The molecule has 1 aliphatic rings. The minimum atomic E-state index is -0.258. The number of hydrogen-bond acceptors (Lipinski definition) is 6. The molecule has 0 radical (unpaired) electrons. The molecule has 0 aliphatic carbocycles. The van der Waals surface area contributed by atoms with Crippen LogP contribution >= 0.6 is 0 Å². The molecule has 0 fully saturated rings. The Morgan fingerprint density at radius 2 is 2.07 bits per heavy atom. The third kappa shape index (κ3) is 3.77. The average molecular weight is 391 g/mol. The molecule has 29 heavy (non-hydrogen) atoms. The molecule has 3 aromatic rings. The normalized spacial score (nSPS) is 13.3. The van der Waals surface area contributed by atoms with Gasteiger partial charge < -0.3 is 25.1 Å². The van der Waals surface area contributed by atoms with Gasteiger partial charge in [-0.2, -0.15) is 0 Å². The summed E-state index contributed by atoms with van der Waals surface area (Å²) in [7, 11) is 1.62.